The highest BCUT2D eigenvalue weighted by Crippen LogP contribution is 2.32. The largest absolute Gasteiger partial charge is 0.363 e. The zero-order chi connectivity index (χ0) is 13.8. The van der Waals surface area contributed by atoms with Crippen LogP contribution in [0.25, 0.3) is 0 Å². The molecule has 3 rings (SSSR count). The maximum atomic E-state index is 6.07. The van der Waals surface area contributed by atoms with Crippen molar-refractivity contribution in [2.75, 3.05) is 18.0 Å². The lowest BCUT2D eigenvalue weighted by atomic mass is 10.0. The van der Waals surface area contributed by atoms with Crippen molar-refractivity contribution in [3.8, 4) is 0 Å². The first-order valence-electron chi connectivity index (χ1n) is 7.34. The van der Waals surface area contributed by atoms with E-state index >= 15 is 0 Å². The summed E-state index contributed by atoms with van der Waals surface area (Å²) in [6.45, 7) is 1.67. The molecule has 104 valence electrons. The number of hydrogen-bond acceptors (Lipinski definition) is 3. The fraction of sp³-hybridized carbons (Fsp3) is 0.353. The van der Waals surface area contributed by atoms with Gasteiger partial charge in [-0.2, -0.15) is 0 Å². The number of para-hydroxylation sites is 1. The lowest BCUT2D eigenvalue weighted by Gasteiger charge is -2.33. The van der Waals surface area contributed by atoms with Gasteiger partial charge in [0.15, 0.2) is 0 Å². The number of rotatable bonds is 3. The second-order valence-electron chi connectivity index (χ2n) is 5.32. The van der Waals surface area contributed by atoms with Crippen LogP contribution in [0.4, 0.5) is 5.69 Å². The molecule has 1 atom stereocenters. The van der Waals surface area contributed by atoms with E-state index in [1.165, 1.54) is 29.7 Å². The predicted octanol–water partition coefficient (Wildman–Crippen LogP) is 2.92. The van der Waals surface area contributed by atoms with Gasteiger partial charge >= 0.3 is 0 Å². The number of anilines is 1. The number of fused-ring (bicyclic) bond motifs is 1. The van der Waals surface area contributed by atoms with Crippen molar-refractivity contribution >= 4 is 5.69 Å². The van der Waals surface area contributed by atoms with E-state index < -0.39 is 0 Å². The van der Waals surface area contributed by atoms with Crippen LogP contribution in [0.2, 0.25) is 0 Å². The lowest BCUT2D eigenvalue weighted by Crippen LogP contribution is -2.34. The Bertz CT molecular complexity index is 553. The predicted molar refractivity (Wildman–Crippen MR) is 82.8 cm³/mol. The van der Waals surface area contributed by atoms with Crippen LogP contribution in [0.15, 0.2) is 48.8 Å². The summed E-state index contributed by atoms with van der Waals surface area (Å²) in [5.74, 6) is 0. The molecule has 1 unspecified atom stereocenters. The molecule has 0 saturated heterocycles. The average Bonchev–Trinajstić information content (AvgIpc) is 2.72. The van der Waals surface area contributed by atoms with Crippen LogP contribution in [0, 0.1) is 0 Å². The van der Waals surface area contributed by atoms with E-state index in [1.54, 1.807) is 0 Å². The van der Waals surface area contributed by atoms with E-state index in [0.717, 1.165) is 13.0 Å². The first-order chi connectivity index (χ1) is 9.90. The van der Waals surface area contributed by atoms with Crippen molar-refractivity contribution in [3.05, 3.63) is 59.9 Å². The molecular formula is C17H21N3. The van der Waals surface area contributed by atoms with Gasteiger partial charge in [-0.05, 0) is 42.5 Å². The molecule has 1 aliphatic heterocycles. The smallest absolute Gasteiger partial charge is 0.0679 e. The molecule has 1 aromatic carbocycles. The molecule has 2 aromatic rings. The van der Waals surface area contributed by atoms with Crippen molar-refractivity contribution in [1.82, 2.24) is 4.98 Å². The van der Waals surface area contributed by atoms with Crippen LogP contribution in [0.1, 0.15) is 30.0 Å². The van der Waals surface area contributed by atoms with Crippen LogP contribution in [-0.2, 0) is 6.42 Å². The van der Waals surface area contributed by atoms with Gasteiger partial charge in [0.1, 0.15) is 0 Å². The number of nitrogens with zero attached hydrogens (tertiary/aromatic N) is 2. The quantitative estimate of drug-likeness (QED) is 0.929. The number of hydrogen-bond donors (Lipinski definition) is 1. The number of pyridine rings is 1. The summed E-state index contributed by atoms with van der Waals surface area (Å²) >= 11 is 0. The third-order valence-electron chi connectivity index (χ3n) is 4.06. The minimum Gasteiger partial charge on any atom is -0.363 e. The molecule has 2 heterocycles. The molecule has 1 aromatic heterocycles. The normalized spacial score (nSPS) is 16.4. The van der Waals surface area contributed by atoms with Gasteiger partial charge < -0.3 is 10.6 Å². The minimum absolute atomic E-state index is 0.211. The Morgan fingerprint density at radius 2 is 2.05 bits per heavy atom. The molecule has 3 nitrogen and oxygen atoms in total. The van der Waals surface area contributed by atoms with Crippen LogP contribution in [-0.4, -0.2) is 18.1 Å². The standard InChI is InChI=1S/C17H21N3/c18-12-17(15-8-5-10-19-13-15)20-11-4-3-7-14-6-1-2-9-16(14)20/h1-2,5-6,8-10,13,17H,3-4,7,11-12,18H2. The van der Waals surface area contributed by atoms with Crippen molar-refractivity contribution < 1.29 is 0 Å². The molecule has 0 amide bonds. The summed E-state index contributed by atoms with van der Waals surface area (Å²) in [5.41, 5.74) is 10.0. The molecule has 3 heteroatoms. The van der Waals surface area contributed by atoms with Crippen molar-refractivity contribution in [2.24, 2.45) is 5.73 Å². The summed E-state index contributed by atoms with van der Waals surface area (Å²) in [6, 6.07) is 13.0. The van der Waals surface area contributed by atoms with E-state index in [9.17, 15) is 0 Å². The summed E-state index contributed by atoms with van der Waals surface area (Å²) in [5, 5.41) is 0. The molecular weight excluding hydrogens is 246 g/mol. The van der Waals surface area contributed by atoms with Gasteiger partial charge in [-0.1, -0.05) is 24.3 Å². The molecule has 2 N–H and O–H groups in total. The van der Waals surface area contributed by atoms with Crippen molar-refractivity contribution in [1.29, 1.82) is 0 Å². The van der Waals surface area contributed by atoms with Crippen molar-refractivity contribution in [3.63, 3.8) is 0 Å². The maximum absolute atomic E-state index is 6.07. The number of aryl methyl sites for hydroxylation is 1. The Labute approximate surface area is 120 Å². The molecule has 0 fully saturated rings. The Hall–Kier alpha value is -1.87. The molecule has 20 heavy (non-hydrogen) atoms. The Kier molecular flexibility index (Phi) is 3.97. The van der Waals surface area contributed by atoms with Crippen LogP contribution in [0.5, 0.6) is 0 Å². The highest BCUT2D eigenvalue weighted by atomic mass is 15.2. The van der Waals surface area contributed by atoms with Gasteiger partial charge in [0.2, 0.25) is 0 Å². The van der Waals surface area contributed by atoms with E-state index in [0.29, 0.717) is 6.54 Å². The van der Waals surface area contributed by atoms with Crippen molar-refractivity contribution in [2.45, 2.75) is 25.3 Å². The zero-order valence-electron chi connectivity index (χ0n) is 11.7. The summed E-state index contributed by atoms with van der Waals surface area (Å²) in [6.07, 6.45) is 7.37. The SMILES string of the molecule is NCC(c1cccnc1)N1CCCCc2ccccc21. The Morgan fingerprint density at radius 3 is 2.85 bits per heavy atom. The lowest BCUT2D eigenvalue weighted by molar-refractivity contribution is 0.609. The highest BCUT2D eigenvalue weighted by Gasteiger charge is 2.23. The van der Waals surface area contributed by atoms with E-state index in [2.05, 4.69) is 40.2 Å². The summed E-state index contributed by atoms with van der Waals surface area (Å²) < 4.78 is 0. The fourth-order valence-electron chi connectivity index (χ4n) is 3.06. The maximum Gasteiger partial charge on any atom is 0.0679 e. The molecule has 0 bridgehead atoms. The second kappa shape index (κ2) is 6.06. The first kappa shape index (κ1) is 13.1. The number of benzene rings is 1. The monoisotopic (exact) mass is 267 g/mol. The Morgan fingerprint density at radius 1 is 1.15 bits per heavy atom. The Balaban J connectivity index is 1.99. The summed E-state index contributed by atoms with van der Waals surface area (Å²) in [4.78, 5) is 6.70. The van der Waals surface area contributed by atoms with Gasteiger partial charge in [0.05, 0.1) is 6.04 Å². The van der Waals surface area contributed by atoms with E-state index in [4.69, 9.17) is 5.73 Å². The number of aromatic nitrogens is 1. The minimum atomic E-state index is 0.211. The van der Waals surface area contributed by atoms with Gasteiger partial charge in [0.25, 0.3) is 0 Å². The van der Waals surface area contributed by atoms with Gasteiger partial charge in [-0.25, -0.2) is 0 Å². The fourth-order valence-corrected chi connectivity index (χ4v) is 3.06. The van der Waals surface area contributed by atoms with Crippen LogP contribution in [0.3, 0.4) is 0 Å². The highest BCUT2D eigenvalue weighted by molar-refractivity contribution is 5.56. The van der Waals surface area contributed by atoms with Crippen LogP contribution < -0.4 is 10.6 Å². The second-order valence-corrected chi connectivity index (χ2v) is 5.32. The molecule has 1 aliphatic rings. The average molecular weight is 267 g/mol. The van der Waals surface area contributed by atoms with Gasteiger partial charge in [-0.15, -0.1) is 0 Å². The molecule has 0 spiro atoms. The topological polar surface area (TPSA) is 42.1 Å². The molecule has 0 saturated carbocycles. The molecule has 0 radical (unpaired) electrons. The third-order valence-corrected chi connectivity index (χ3v) is 4.06. The first-order valence-corrected chi connectivity index (χ1v) is 7.34. The van der Waals surface area contributed by atoms with Crippen LogP contribution >= 0.6 is 0 Å². The van der Waals surface area contributed by atoms with E-state index in [-0.39, 0.29) is 6.04 Å². The van der Waals surface area contributed by atoms with Gasteiger partial charge in [0, 0.05) is 31.2 Å². The van der Waals surface area contributed by atoms with Gasteiger partial charge in [-0.3, -0.25) is 4.98 Å². The summed E-state index contributed by atoms with van der Waals surface area (Å²) in [7, 11) is 0. The zero-order valence-corrected chi connectivity index (χ0v) is 11.7. The third kappa shape index (κ3) is 2.54. The van der Waals surface area contributed by atoms with E-state index in [1.807, 2.05) is 18.5 Å². The molecule has 0 aliphatic carbocycles. The number of nitrogens with two attached hydrogens (primary N) is 1.